The second-order valence-electron chi connectivity index (χ2n) is 5.98. The SMILES string of the molecule is Cc1cccc(NC(=O)CN(C)C(=O)CCC(C)C)c1C. The first-order valence-corrected chi connectivity index (χ1v) is 7.41. The van der Waals surface area contributed by atoms with Crippen LogP contribution in [-0.2, 0) is 9.59 Å². The highest BCUT2D eigenvalue weighted by molar-refractivity contribution is 5.95. The highest BCUT2D eigenvalue weighted by Gasteiger charge is 2.14. The van der Waals surface area contributed by atoms with E-state index in [2.05, 4.69) is 19.2 Å². The Morgan fingerprint density at radius 2 is 1.90 bits per heavy atom. The molecule has 1 rings (SSSR count). The maximum atomic E-state index is 12.0. The number of hydrogen-bond donors (Lipinski definition) is 1. The predicted octanol–water partition coefficient (Wildman–Crippen LogP) is 3.14. The van der Waals surface area contributed by atoms with Crippen LogP contribution in [0, 0.1) is 19.8 Å². The first kappa shape index (κ1) is 17.2. The van der Waals surface area contributed by atoms with Gasteiger partial charge in [-0.25, -0.2) is 0 Å². The average Bonchev–Trinajstić information content (AvgIpc) is 2.41. The molecule has 0 saturated heterocycles. The van der Waals surface area contributed by atoms with Gasteiger partial charge in [0.25, 0.3) is 0 Å². The lowest BCUT2D eigenvalue weighted by Gasteiger charge is -2.18. The van der Waals surface area contributed by atoms with Crippen LogP contribution in [0.15, 0.2) is 18.2 Å². The molecule has 0 aliphatic carbocycles. The predicted molar refractivity (Wildman–Crippen MR) is 86.3 cm³/mol. The fraction of sp³-hybridized carbons (Fsp3) is 0.529. The molecule has 1 aromatic carbocycles. The fourth-order valence-corrected chi connectivity index (χ4v) is 1.98. The van der Waals surface area contributed by atoms with Crippen molar-refractivity contribution in [3.05, 3.63) is 29.3 Å². The number of aryl methyl sites for hydroxylation is 1. The van der Waals surface area contributed by atoms with Crippen LogP contribution < -0.4 is 5.32 Å². The van der Waals surface area contributed by atoms with E-state index in [1.807, 2.05) is 32.0 Å². The largest absolute Gasteiger partial charge is 0.336 e. The van der Waals surface area contributed by atoms with Gasteiger partial charge in [0, 0.05) is 19.2 Å². The van der Waals surface area contributed by atoms with Crippen LogP contribution in [0.3, 0.4) is 0 Å². The Kier molecular flexibility index (Phi) is 6.40. The molecule has 0 fully saturated rings. The number of rotatable bonds is 6. The van der Waals surface area contributed by atoms with Gasteiger partial charge in [0.1, 0.15) is 0 Å². The number of anilines is 1. The van der Waals surface area contributed by atoms with Crippen molar-refractivity contribution >= 4 is 17.5 Å². The van der Waals surface area contributed by atoms with Crippen LogP contribution in [0.2, 0.25) is 0 Å². The van der Waals surface area contributed by atoms with Gasteiger partial charge in [-0.2, -0.15) is 0 Å². The van der Waals surface area contributed by atoms with Crippen molar-refractivity contribution in [2.45, 2.75) is 40.5 Å². The lowest BCUT2D eigenvalue weighted by molar-refractivity contribution is -0.133. The summed E-state index contributed by atoms with van der Waals surface area (Å²) in [6.45, 7) is 8.24. The Balaban J connectivity index is 2.53. The van der Waals surface area contributed by atoms with Crippen molar-refractivity contribution < 1.29 is 9.59 Å². The lowest BCUT2D eigenvalue weighted by atomic mass is 10.1. The summed E-state index contributed by atoms with van der Waals surface area (Å²) in [4.78, 5) is 25.4. The number of benzene rings is 1. The molecule has 0 spiro atoms. The first-order chi connectivity index (χ1) is 9.81. The fourth-order valence-electron chi connectivity index (χ4n) is 1.98. The van der Waals surface area contributed by atoms with E-state index in [1.165, 1.54) is 4.90 Å². The molecule has 0 radical (unpaired) electrons. The minimum absolute atomic E-state index is 0.0137. The molecule has 4 heteroatoms. The number of carbonyl (C=O) groups is 2. The zero-order valence-electron chi connectivity index (χ0n) is 13.7. The van der Waals surface area contributed by atoms with Crippen LogP contribution in [0.1, 0.15) is 37.8 Å². The molecule has 0 heterocycles. The van der Waals surface area contributed by atoms with Crippen molar-refractivity contribution in [3.63, 3.8) is 0 Å². The van der Waals surface area contributed by atoms with Gasteiger partial charge in [0.05, 0.1) is 6.54 Å². The molecule has 0 aromatic heterocycles. The first-order valence-electron chi connectivity index (χ1n) is 7.41. The van der Waals surface area contributed by atoms with Gasteiger partial charge in [-0.3, -0.25) is 9.59 Å². The second-order valence-corrected chi connectivity index (χ2v) is 5.98. The molecule has 21 heavy (non-hydrogen) atoms. The molecular formula is C17H26N2O2. The molecule has 2 amide bonds. The van der Waals surface area contributed by atoms with E-state index in [9.17, 15) is 9.59 Å². The van der Waals surface area contributed by atoms with Crippen LogP contribution in [-0.4, -0.2) is 30.3 Å². The van der Waals surface area contributed by atoms with Crippen LogP contribution >= 0.6 is 0 Å². The Hall–Kier alpha value is -1.84. The molecule has 1 aromatic rings. The number of nitrogens with one attached hydrogen (secondary N) is 1. The van der Waals surface area contributed by atoms with Crippen molar-refractivity contribution in [1.82, 2.24) is 4.90 Å². The Morgan fingerprint density at radius 1 is 1.24 bits per heavy atom. The lowest BCUT2D eigenvalue weighted by Crippen LogP contribution is -2.35. The highest BCUT2D eigenvalue weighted by Crippen LogP contribution is 2.17. The topological polar surface area (TPSA) is 49.4 Å². The molecule has 0 bridgehead atoms. The van der Waals surface area contributed by atoms with E-state index in [0.717, 1.165) is 23.2 Å². The van der Waals surface area contributed by atoms with E-state index in [1.54, 1.807) is 7.05 Å². The van der Waals surface area contributed by atoms with E-state index in [4.69, 9.17) is 0 Å². The van der Waals surface area contributed by atoms with E-state index in [-0.39, 0.29) is 18.4 Å². The quantitative estimate of drug-likeness (QED) is 0.875. The maximum absolute atomic E-state index is 12.0. The molecule has 1 N–H and O–H groups in total. The minimum Gasteiger partial charge on any atom is -0.336 e. The van der Waals surface area contributed by atoms with Gasteiger partial charge in [0.2, 0.25) is 11.8 Å². The number of likely N-dealkylation sites (N-methyl/N-ethyl adjacent to an activating group) is 1. The van der Waals surface area contributed by atoms with Crippen LogP contribution in [0.4, 0.5) is 5.69 Å². The zero-order chi connectivity index (χ0) is 16.0. The van der Waals surface area contributed by atoms with Gasteiger partial charge in [-0.05, 0) is 43.4 Å². The highest BCUT2D eigenvalue weighted by atomic mass is 16.2. The summed E-state index contributed by atoms with van der Waals surface area (Å²) < 4.78 is 0. The van der Waals surface area contributed by atoms with Gasteiger partial charge in [0.15, 0.2) is 0 Å². The summed E-state index contributed by atoms with van der Waals surface area (Å²) in [5.74, 6) is 0.343. The smallest absolute Gasteiger partial charge is 0.243 e. The minimum atomic E-state index is -0.163. The van der Waals surface area contributed by atoms with Gasteiger partial charge >= 0.3 is 0 Å². The van der Waals surface area contributed by atoms with Crippen molar-refractivity contribution in [3.8, 4) is 0 Å². The summed E-state index contributed by atoms with van der Waals surface area (Å²) in [6, 6.07) is 5.79. The van der Waals surface area contributed by atoms with Gasteiger partial charge < -0.3 is 10.2 Å². The van der Waals surface area contributed by atoms with Crippen molar-refractivity contribution in [1.29, 1.82) is 0 Å². The van der Waals surface area contributed by atoms with E-state index in [0.29, 0.717) is 12.3 Å². The van der Waals surface area contributed by atoms with Gasteiger partial charge in [-0.1, -0.05) is 26.0 Å². The third kappa shape index (κ3) is 5.58. The van der Waals surface area contributed by atoms with Gasteiger partial charge in [-0.15, -0.1) is 0 Å². The van der Waals surface area contributed by atoms with Crippen molar-refractivity contribution in [2.24, 2.45) is 5.92 Å². The summed E-state index contributed by atoms with van der Waals surface area (Å²) in [5, 5.41) is 2.87. The Morgan fingerprint density at radius 3 is 2.52 bits per heavy atom. The number of hydrogen-bond acceptors (Lipinski definition) is 2. The maximum Gasteiger partial charge on any atom is 0.243 e. The summed E-state index contributed by atoms with van der Waals surface area (Å²) in [5.41, 5.74) is 3.00. The Labute approximate surface area is 127 Å². The molecule has 0 saturated carbocycles. The molecule has 0 atom stereocenters. The number of amides is 2. The molecule has 0 unspecified atom stereocenters. The summed E-state index contributed by atoms with van der Waals surface area (Å²) in [7, 11) is 1.67. The average molecular weight is 290 g/mol. The summed E-state index contributed by atoms with van der Waals surface area (Å²) >= 11 is 0. The second kappa shape index (κ2) is 7.81. The third-order valence-corrected chi connectivity index (χ3v) is 3.62. The number of nitrogens with zero attached hydrogens (tertiary/aromatic N) is 1. The van der Waals surface area contributed by atoms with Crippen LogP contribution in [0.5, 0.6) is 0 Å². The number of carbonyl (C=O) groups excluding carboxylic acids is 2. The molecular weight excluding hydrogens is 264 g/mol. The zero-order valence-corrected chi connectivity index (χ0v) is 13.7. The normalized spacial score (nSPS) is 10.6. The monoisotopic (exact) mass is 290 g/mol. The molecule has 116 valence electrons. The summed E-state index contributed by atoms with van der Waals surface area (Å²) in [6.07, 6.45) is 1.34. The van der Waals surface area contributed by atoms with E-state index >= 15 is 0 Å². The molecule has 4 nitrogen and oxygen atoms in total. The molecule has 0 aliphatic rings. The van der Waals surface area contributed by atoms with E-state index < -0.39 is 0 Å². The van der Waals surface area contributed by atoms with Crippen LogP contribution in [0.25, 0.3) is 0 Å². The van der Waals surface area contributed by atoms with Crippen molar-refractivity contribution in [2.75, 3.05) is 18.9 Å². The standard InChI is InChI=1S/C17H26N2O2/c1-12(2)9-10-17(21)19(5)11-16(20)18-15-8-6-7-13(3)14(15)4/h6-8,12H,9-11H2,1-5H3,(H,18,20). The third-order valence-electron chi connectivity index (χ3n) is 3.62. The Bertz CT molecular complexity index is 510. The molecule has 0 aliphatic heterocycles.